The van der Waals surface area contributed by atoms with Gasteiger partial charge in [-0.15, -0.1) is 0 Å². The van der Waals surface area contributed by atoms with E-state index in [9.17, 15) is 9.59 Å². The minimum absolute atomic E-state index is 0.220. The summed E-state index contributed by atoms with van der Waals surface area (Å²) >= 11 is 0. The van der Waals surface area contributed by atoms with Crippen molar-refractivity contribution in [2.45, 2.75) is 33.1 Å². The van der Waals surface area contributed by atoms with Crippen LogP contribution in [0.3, 0.4) is 0 Å². The monoisotopic (exact) mass is 194 g/mol. The minimum Gasteiger partial charge on any atom is -0.393 e. The normalized spacial score (nSPS) is 35.4. The molecule has 0 aromatic carbocycles. The fraction of sp³-hybridized carbons (Fsp3) is 0.636. The lowest BCUT2D eigenvalue weighted by molar-refractivity contribution is -0.156. The summed E-state index contributed by atoms with van der Waals surface area (Å²) in [6.07, 6.45) is 1.73. The molecule has 0 amide bonds. The van der Waals surface area contributed by atoms with E-state index in [4.69, 9.17) is 0 Å². The molecule has 0 bridgehead atoms. The standard InChI is InChI=1S/C11H14O3/c1-7-4-5-11(10(7,2)3)6-8(12)14-9(11)13/h1,4-6H2,2-3H3. The third-order valence-corrected chi connectivity index (χ3v) is 3.98. The molecule has 2 fully saturated rings. The van der Waals surface area contributed by atoms with Crippen molar-refractivity contribution >= 4 is 11.9 Å². The van der Waals surface area contributed by atoms with E-state index in [0.717, 1.165) is 12.0 Å². The van der Waals surface area contributed by atoms with Crippen LogP contribution in [0.25, 0.3) is 0 Å². The fourth-order valence-electron chi connectivity index (χ4n) is 2.55. The Morgan fingerprint density at radius 1 is 1.36 bits per heavy atom. The van der Waals surface area contributed by atoms with Crippen LogP contribution in [0.1, 0.15) is 33.1 Å². The summed E-state index contributed by atoms with van der Waals surface area (Å²) in [4.78, 5) is 22.8. The average molecular weight is 194 g/mol. The first-order valence-corrected chi connectivity index (χ1v) is 4.83. The molecule has 1 atom stereocenters. The molecule has 76 valence electrons. The Kier molecular flexibility index (Phi) is 1.66. The van der Waals surface area contributed by atoms with Gasteiger partial charge in [-0.05, 0) is 12.8 Å². The lowest BCUT2D eigenvalue weighted by atomic mass is 9.66. The van der Waals surface area contributed by atoms with Crippen LogP contribution in [-0.4, -0.2) is 11.9 Å². The van der Waals surface area contributed by atoms with E-state index in [-0.39, 0.29) is 17.8 Å². The zero-order chi connectivity index (χ0) is 10.6. The minimum atomic E-state index is -0.624. The van der Waals surface area contributed by atoms with Crippen LogP contribution in [0.15, 0.2) is 12.2 Å². The summed E-state index contributed by atoms with van der Waals surface area (Å²) in [5, 5.41) is 0. The van der Waals surface area contributed by atoms with Crippen molar-refractivity contribution in [2.75, 3.05) is 0 Å². The first-order chi connectivity index (χ1) is 6.40. The quantitative estimate of drug-likeness (QED) is 0.335. The summed E-state index contributed by atoms with van der Waals surface area (Å²) in [5.41, 5.74) is 0.112. The Balaban J connectivity index is 2.47. The van der Waals surface area contributed by atoms with Gasteiger partial charge in [-0.1, -0.05) is 26.0 Å². The Morgan fingerprint density at radius 3 is 2.36 bits per heavy atom. The number of cyclic esters (lactones) is 2. The van der Waals surface area contributed by atoms with E-state index in [2.05, 4.69) is 11.3 Å². The molecule has 2 rings (SSSR count). The third kappa shape index (κ3) is 0.873. The molecular formula is C11H14O3. The molecule has 1 unspecified atom stereocenters. The Hall–Kier alpha value is -1.12. The van der Waals surface area contributed by atoms with Crippen molar-refractivity contribution < 1.29 is 14.3 Å². The predicted molar refractivity (Wildman–Crippen MR) is 50.3 cm³/mol. The number of rotatable bonds is 0. The zero-order valence-electron chi connectivity index (χ0n) is 8.55. The van der Waals surface area contributed by atoms with E-state index < -0.39 is 11.4 Å². The van der Waals surface area contributed by atoms with Crippen LogP contribution in [-0.2, 0) is 14.3 Å². The van der Waals surface area contributed by atoms with Crippen molar-refractivity contribution in [1.29, 1.82) is 0 Å². The highest BCUT2D eigenvalue weighted by molar-refractivity contribution is 5.98. The number of esters is 2. The van der Waals surface area contributed by atoms with Crippen LogP contribution in [0.4, 0.5) is 0 Å². The summed E-state index contributed by atoms with van der Waals surface area (Å²) in [7, 11) is 0. The van der Waals surface area contributed by atoms with Crippen molar-refractivity contribution in [3.05, 3.63) is 12.2 Å². The van der Waals surface area contributed by atoms with Crippen LogP contribution in [0, 0.1) is 10.8 Å². The fourth-order valence-corrected chi connectivity index (χ4v) is 2.55. The molecule has 0 N–H and O–H groups in total. The van der Waals surface area contributed by atoms with Gasteiger partial charge in [-0.25, -0.2) is 0 Å². The number of carbonyl (C=O) groups excluding carboxylic acids is 2. The lowest BCUT2D eigenvalue weighted by Crippen LogP contribution is -2.37. The number of hydrogen-bond acceptors (Lipinski definition) is 3. The number of allylic oxidation sites excluding steroid dienone is 1. The van der Waals surface area contributed by atoms with Gasteiger partial charge in [0.25, 0.3) is 0 Å². The molecule has 1 aliphatic carbocycles. The zero-order valence-corrected chi connectivity index (χ0v) is 8.55. The van der Waals surface area contributed by atoms with Gasteiger partial charge in [0, 0.05) is 5.41 Å². The molecule has 1 aliphatic heterocycles. The van der Waals surface area contributed by atoms with E-state index in [1.165, 1.54) is 0 Å². The molecule has 0 aromatic rings. The van der Waals surface area contributed by atoms with Gasteiger partial charge < -0.3 is 4.74 Å². The first-order valence-electron chi connectivity index (χ1n) is 4.83. The summed E-state index contributed by atoms with van der Waals surface area (Å²) < 4.78 is 4.66. The van der Waals surface area contributed by atoms with Crippen LogP contribution >= 0.6 is 0 Å². The molecule has 1 saturated heterocycles. The van der Waals surface area contributed by atoms with Crippen LogP contribution in [0.5, 0.6) is 0 Å². The van der Waals surface area contributed by atoms with Crippen molar-refractivity contribution in [1.82, 2.24) is 0 Å². The van der Waals surface area contributed by atoms with Gasteiger partial charge in [-0.2, -0.15) is 0 Å². The molecule has 14 heavy (non-hydrogen) atoms. The van der Waals surface area contributed by atoms with Crippen LogP contribution in [0.2, 0.25) is 0 Å². The molecule has 2 aliphatic rings. The average Bonchev–Trinajstić information content (AvgIpc) is 2.47. The highest BCUT2D eigenvalue weighted by Gasteiger charge is 2.62. The number of carbonyl (C=O) groups is 2. The van der Waals surface area contributed by atoms with Crippen molar-refractivity contribution in [3.63, 3.8) is 0 Å². The van der Waals surface area contributed by atoms with E-state index >= 15 is 0 Å². The largest absolute Gasteiger partial charge is 0.393 e. The molecule has 1 saturated carbocycles. The van der Waals surface area contributed by atoms with Crippen molar-refractivity contribution in [3.8, 4) is 0 Å². The summed E-state index contributed by atoms with van der Waals surface area (Å²) in [6.45, 7) is 7.92. The Bertz CT molecular complexity index is 340. The SMILES string of the molecule is C=C1CCC2(CC(=O)OC2=O)C1(C)C. The molecule has 0 aromatic heterocycles. The predicted octanol–water partition coefficient (Wildman–Crippen LogP) is 1.82. The summed E-state index contributed by atoms with van der Waals surface area (Å²) in [5.74, 6) is -0.746. The Morgan fingerprint density at radius 2 is 2.00 bits per heavy atom. The topological polar surface area (TPSA) is 43.4 Å². The molecule has 3 heteroatoms. The second kappa shape index (κ2) is 2.47. The van der Waals surface area contributed by atoms with Crippen molar-refractivity contribution in [2.24, 2.45) is 10.8 Å². The lowest BCUT2D eigenvalue weighted by Gasteiger charge is -2.34. The van der Waals surface area contributed by atoms with Gasteiger partial charge in [0.15, 0.2) is 0 Å². The third-order valence-electron chi connectivity index (χ3n) is 3.98. The number of ether oxygens (including phenoxy) is 1. The van der Waals surface area contributed by atoms with Gasteiger partial charge in [0.2, 0.25) is 0 Å². The van der Waals surface area contributed by atoms with Crippen LogP contribution < -0.4 is 0 Å². The second-order valence-electron chi connectivity index (χ2n) is 4.75. The second-order valence-corrected chi connectivity index (χ2v) is 4.75. The summed E-state index contributed by atoms with van der Waals surface area (Å²) in [6, 6.07) is 0. The van der Waals surface area contributed by atoms with Gasteiger partial charge in [-0.3, -0.25) is 9.59 Å². The maximum Gasteiger partial charge on any atom is 0.321 e. The molecule has 1 spiro atoms. The van der Waals surface area contributed by atoms with Gasteiger partial charge in [0.1, 0.15) is 0 Å². The Labute approximate surface area is 83.1 Å². The highest BCUT2D eigenvalue weighted by atomic mass is 16.6. The van der Waals surface area contributed by atoms with E-state index in [1.54, 1.807) is 0 Å². The highest BCUT2D eigenvalue weighted by Crippen LogP contribution is 2.59. The maximum atomic E-state index is 11.7. The van der Waals surface area contributed by atoms with E-state index in [1.807, 2.05) is 13.8 Å². The maximum absolute atomic E-state index is 11.7. The molecular weight excluding hydrogens is 180 g/mol. The van der Waals surface area contributed by atoms with E-state index in [0.29, 0.717) is 6.42 Å². The van der Waals surface area contributed by atoms with Gasteiger partial charge in [0.05, 0.1) is 11.8 Å². The van der Waals surface area contributed by atoms with Gasteiger partial charge >= 0.3 is 11.9 Å². The molecule has 1 heterocycles. The molecule has 3 nitrogen and oxygen atoms in total. The molecule has 0 radical (unpaired) electrons. The first kappa shape index (κ1) is 9.44. The smallest absolute Gasteiger partial charge is 0.321 e. The number of hydrogen-bond donors (Lipinski definition) is 0.